The van der Waals surface area contributed by atoms with Crippen LogP contribution < -0.4 is 5.32 Å². The number of carbonyl (C=O) groups is 3. The van der Waals surface area contributed by atoms with E-state index in [1.54, 1.807) is 16.2 Å². The van der Waals surface area contributed by atoms with E-state index in [1.807, 2.05) is 31.4 Å². The Labute approximate surface area is 152 Å². The average molecular weight is 363 g/mol. The van der Waals surface area contributed by atoms with Gasteiger partial charge in [-0.2, -0.15) is 0 Å². The van der Waals surface area contributed by atoms with Crippen LogP contribution in [-0.4, -0.2) is 46.3 Å². The molecule has 0 unspecified atom stereocenters. The van der Waals surface area contributed by atoms with Crippen LogP contribution in [0.4, 0.5) is 4.79 Å². The summed E-state index contributed by atoms with van der Waals surface area (Å²) in [5, 5.41) is 4.87. The van der Waals surface area contributed by atoms with E-state index in [1.165, 1.54) is 0 Å². The molecule has 4 amide bonds. The van der Waals surface area contributed by atoms with Gasteiger partial charge in [0.15, 0.2) is 0 Å². The van der Waals surface area contributed by atoms with Gasteiger partial charge in [0.05, 0.1) is 6.54 Å². The molecule has 7 heteroatoms. The lowest BCUT2D eigenvalue weighted by molar-refractivity contribution is -0.140. The number of rotatable bonds is 5. The molecule has 1 N–H and O–H groups in total. The second-order valence-electron chi connectivity index (χ2n) is 6.93. The normalized spacial score (nSPS) is 26.2. The van der Waals surface area contributed by atoms with Gasteiger partial charge in [-0.3, -0.25) is 14.5 Å². The largest absolute Gasteiger partial charge is 0.336 e. The molecule has 1 aliphatic carbocycles. The fraction of sp³-hybridized carbons (Fsp3) is 0.611. The van der Waals surface area contributed by atoms with E-state index in [2.05, 4.69) is 5.32 Å². The van der Waals surface area contributed by atoms with Gasteiger partial charge in [-0.05, 0) is 37.1 Å². The topological polar surface area (TPSA) is 69.7 Å². The van der Waals surface area contributed by atoms with Gasteiger partial charge in [-0.15, -0.1) is 11.3 Å². The van der Waals surface area contributed by atoms with E-state index in [9.17, 15) is 14.4 Å². The van der Waals surface area contributed by atoms with Gasteiger partial charge < -0.3 is 10.2 Å². The Morgan fingerprint density at radius 2 is 2.24 bits per heavy atom. The summed E-state index contributed by atoms with van der Waals surface area (Å²) in [5.74, 6) is -0.323. The highest BCUT2D eigenvalue weighted by Crippen LogP contribution is 2.38. The monoisotopic (exact) mass is 363 g/mol. The molecule has 1 spiro atoms. The van der Waals surface area contributed by atoms with Crippen molar-refractivity contribution in [3.05, 3.63) is 22.4 Å². The fourth-order valence-corrected chi connectivity index (χ4v) is 4.56. The van der Waals surface area contributed by atoms with Gasteiger partial charge in [-0.1, -0.05) is 25.8 Å². The Balaban J connectivity index is 1.70. The fourth-order valence-electron chi connectivity index (χ4n) is 3.84. The third-order valence-corrected chi connectivity index (χ3v) is 6.32. The van der Waals surface area contributed by atoms with Crippen LogP contribution in [0.3, 0.4) is 0 Å². The molecule has 2 atom stereocenters. The highest BCUT2D eigenvalue weighted by atomic mass is 32.1. The van der Waals surface area contributed by atoms with Gasteiger partial charge in [0.2, 0.25) is 5.91 Å². The molecule has 6 nitrogen and oxygen atoms in total. The lowest BCUT2D eigenvalue weighted by atomic mass is 9.73. The molecule has 1 saturated carbocycles. The number of amides is 4. The molecule has 1 aliphatic heterocycles. The standard InChI is InChI=1S/C18H25N3O3S/c1-3-20(11-14-8-6-10-25-14)15(22)12-21-16(23)18(19-17(21)24)9-5-4-7-13(18)2/h6,8,10,13H,3-5,7,9,11-12H2,1-2H3,(H,19,24)/t13-,18-/m1/s1. The van der Waals surface area contributed by atoms with E-state index in [-0.39, 0.29) is 24.3 Å². The predicted molar refractivity (Wildman–Crippen MR) is 96.0 cm³/mol. The van der Waals surface area contributed by atoms with Crippen molar-refractivity contribution in [2.75, 3.05) is 13.1 Å². The van der Waals surface area contributed by atoms with Crippen LogP contribution in [0.5, 0.6) is 0 Å². The van der Waals surface area contributed by atoms with Gasteiger partial charge in [-0.25, -0.2) is 4.79 Å². The summed E-state index contributed by atoms with van der Waals surface area (Å²) in [7, 11) is 0. The number of nitrogens with zero attached hydrogens (tertiary/aromatic N) is 2. The summed E-state index contributed by atoms with van der Waals surface area (Å²) >= 11 is 1.59. The van der Waals surface area contributed by atoms with E-state index < -0.39 is 11.6 Å². The van der Waals surface area contributed by atoms with E-state index in [4.69, 9.17) is 0 Å². The van der Waals surface area contributed by atoms with Crippen molar-refractivity contribution in [3.8, 4) is 0 Å². The Morgan fingerprint density at radius 3 is 2.88 bits per heavy atom. The van der Waals surface area contributed by atoms with Gasteiger partial charge in [0.1, 0.15) is 12.1 Å². The summed E-state index contributed by atoms with van der Waals surface area (Å²) in [6.45, 7) is 4.79. The van der Waals surface area contributed by atoms with Crippen LogP contribution in [0.15, 0.2) is 17.5 Å². The number of hydrogen-bond donors (Lipinski definition) is 1. The van der Waals surface area contributed by atoms with Crippen LogP contribution >= 0.6 is 11.3 Å². The van der Waals surface area contributed by atoms with Crippen molar-refractivity contribution in [2.24, 2.45) is 5.92 Å². The van der Waals surface area contributed by atoms with Crippen molar-refractivity contribution in [1.82, 2.24) is 15.1 Å². The first-order valence-electron chi connectivity index (χ1n) is 8.92. The van der Waals surface area contributed by atoms with Crippen LogP contribution in [0.2, 0.25) is 0 Å². The van der Waals surface area contributed by atoms with Crippen molar-refractivity contribution < 1.29 is 14.4 Å². The summed E-state index contributed by atoms with van der Waals surface area (Å²) in [5.41, 5.74) is -0.805. The molecule has 1 saturated heterocycles. The number of urea groups is 1. The van der Waals surface area contributed by atoms with E-state index in [0.717, 1.165) is 29.0 Å². The Morgan fingerprint density at radius 1 is 1.44 bits per heavy atom. The lowest BCUT2D eigenvalue weighted by Gasteiger charge is -2.36. The molecular formula is C18H25N3O3S. The third-order valence-electron chi connectivity index (χ3n) is 5.46. The number of thiophene rings is 1. The van der Waals surface area contributed by atoms with Crippen molar-refractivity contribution >= 4 is 29.2 Å². The van der Waals surface area contributed by atoms with Crippen LogP contribution in [-0.2, 0) is 16.1 Å². The van der Waals surface area contributed by atoms with E-state index in [0.29, 0.717) is 19.5 Å². The maximum Gasteiger partial charge on any atom is 0.325 e. The number of imide groups is 1. The predicted octanol–water partition coefficient (Wildman–Crippen LogP) is 2.60. The molecule has 136 valence electrons. The molecule has 3 rings (SSSR count). The Hall–Kier alpha value is -1.89. The zero-order chi connectivity index (χ0) is 18.0. The Kier molecular flexibility index (Phi) is 5.13. The minimum atomic E-state index is -0.805. The number of carbonyl (C=O) groups excluding carboxylic acids is 3. The molecule has 2 heterocycles. The molecule has 0 bridgehead atoms. The smallest absolute Gasteiger partial charge is 0.325 e. The molecule has 25 heavy (non-hydrogen) atoms. The molecule has 1 aromatic rings. The van der Waals surface area contributed by atoms with Crippen LogP contribution in [0.1, 0.15) is 44.4 Å². The molecular weight excluding hydrogens is 338 g/mol. The first-order valence-corrected chi connectivity index (χ1v) is 9.80. The van der Waals surface area contributed by atoms with Crippen molar-refractivity contribution in [1.29, 1.82) is 0 Å². The zero-order valence-corrected chi connectivity index (χ0v) is 15.6. The van der Waals surface area contributed by atoms with Gasteiger partial charge in [0, 0.05) is 11.4 Å². The van der Waals surface area contributed by atoms with Gasteiger partial charge >= 0.3 is 6.03 Å². The zero-order valence-electron chi connectivity index (χ0n) is 14.8. The SMILES string of the molecule is CCN(Cc1cccs1)C(=O)CN1C(=O)N[C@@]2(CCCC[C@H]2C)C1=O. The summed E-state index contributed by atoms with van der Waals surface area (Å²) in [6, 6.07) is 3.50. The first kappa shape index (κ1) is 17.9. The van der Waals surface area contributed by atoms with Gasteiger partial charge in [0.25, 0.3) is 5.91 Å². The second-order valence-corrected chi connectivity index (χ2v) is 7.96. The highest BCUT2D eigenvalue weighted by molar-refractivity contribution is 7.09. The summed E-state index contributed by atoms with van der Waals surface area (Å²) < 4.78 is 0. The van der Waals surface area contributed by atoms with Crippen molar-refractivity contribution in [2.45, 2.75) is 51.6 Å². The highest BCUT2D eigenvalue weighted by Gasteiger charge is 2.55. The molecule has 0 radical (unpaired) electrons. The maximum atomic E-state index is 12.9. The number of likely N-dealkylation sites (N-methyl/N-ethyl adjacent to an activating group) is 1. The molecule has 0 aromatic carbocycles. The average Bonchev–Trinajstić information content (AvgIpc) is 3.18. The molecule has 2 fully saturated rings. The molecule has 1 aromatic heterocycles. The summed E-state index contributed by atoms with van der Waals surface area (Å²) in [6.07, 6.45) is 3.59. The number of nitrogens with one attached hydrogen (secondary N) is 1. The third kappa shape index (κ3) is 3.29. The van der Waals surface area contributed by atoms with Crippen molar-refractivity contribution in [3.63, 3.8) is 0 Å². The summed E-state index contributed by atoms with van der Waals surface area (Å²) in [4.78, 5) is 41.9. The second kappa shape index (κ2) is 7.15. The van der Waals surface area contributed by atoms with E-state index >= 15 is 0 Å². The maximum absolute atomic E-state index is 12.9. The Bertz CT molecular complexity index is 661. The number of hydrogen-bond acceptors (Lipinski definition) is 4. The molecule has 2 aliphatic rings. The van der Waals surface area contributed by atoms with Crippen LogP contribution in [0.25, 0.3) is 0 Å². The minimum Gasteiger partial charge on any atom is -0.336 e. The first-order chi connectivity index (χ1) is 12.0. The minimum absolute atomic E-state index is 0.103. The van der Waals surface area contributed by atoms with Crippen LogP contribution in [0, 0.1) is 5.92 Å². The quantitative estimate of drug-likeness (QED) is 0.818. The lowest BCUT2D eigenvalue weighted by Crippen LogP contribution is -2.54.